The van der Waals surface area contributed by atoms with Crippen molar-refractivity contribution in [3.63, 3.8) is 0 Å². The minimum atomic E-state index is -2.50. The van der Waals surface area contributed by atoms with Crippen LogP contribution < -0.4 is 51.4 Å². The molecule has 16 rings (SSSR count). The summed E-state index contributed by atoms with van der Waals surface area (Å²) in [6.45, 7) is 3.62. The topological polar surface area (TPSA) is 540 Å². The molecule has 0 saturated carbocycles. The van der Waals surface area contributed by atoms with Crippen molar-refractivity contribution in [2.24, 2.45) is 0 Å². The number of carbonyl (C=O) groups is 9. The fraction of sp³-hybridized carbons (Fsp3) is 0.321. The standard InChI is InChI=1S/C81H79Cl2N11O25S2/c1-4-6-16-120-70-71(121-17-7-5-2)79(112)93(78(70)111)30-40-31-94(92-91-40)65-36-10-13-50(100)54(24-36)115-43-21-38(20-41(97)27-43)60-74(107)88-61-39-25-55(116-52-14-8-34(18-46(52)82)19-48(72(105)86-60)85-77(65)110)66(102)56(26-39)117-53-15-11-37(23-47(53)83)69(119-81-63(84-33(3)96)68(104)67(103)57(32-95)118-81)64-76(109)89-62(80(113)114)45-28-42(98)29-51(101)58(45)44-22-35(9-12-49(44)99)59(73(106)90-64)87-75(61)108/h8-15,18,20-29,31,48,57,59-65,67-69,75,81,87,95,97-104,108H,4-7,16-17,19,30,32H2,1-3H3,(H,84,96)(H,85,110)(H,86,105)(H,88,107)(H,89,109)(H,90,106)(H,113,114)/t48-,57-,59-,60+,61-,62-,63-,64-,65?,67-,68-,69-,75?,81+/m1/s1. The molecule has 9 heterocycles. The van der Waals surface area contributed by atoms with Crippen LogP contribution in [0.15, 0.2) is 131 Å². The molecule has 8 aromatic rings. The number of fused-ring (bicyclic) bond motifs is 14. The molecule has 14 atom stereocenters. The molecule has 2 unspecified atom stereocenters. The molecular weight excluding hydrogens is 1660 g/mol. The number of aromatic hydroxyl groups is 6. The van der Waals surface area contributed by atoms with Gasteiger partial charge in [0.2, 0.25) is 41.2 Å². The minimum Gasteiger partial charge on any atom is -0.508 e. The highest BCUT2D eigenvalue weighted by atomic mass is 35.5. The Bertz CT molecular complexity index is 5500. The Hall–Kier alpha value is -12.0. The molecule has 0 spiro atoms. The minimum absolute atomic E-state index is 0.0307. The highest BCUT2D eigenvalue weighted by Crippen LogP contribution is 2.50. The molecule has 40 heteroatoms. The van der Waals surface area contributed by atoms with E-state index in [1.165, 1.54) is 78.3 Å². The first-order chi connectivity index (χ1) is 57.9. The number of nitrogens with zero attached hydrogens (tertiary/aromatic N) is 4. The number of aromatic nitrogens is 3. The maximum Gasteiger partial charge on any atom is 0.330 e. The maximum absolute atomic E-state index is 16.3. The molecule has 1 saturated heterocycles. The summed E-state index contributed by atoms with van der Waals surface area (Å²) in [7, 11) is 0. The van der Waals surface area contributed by atoms with Crippen LogP contribution in [-0.2, 0) is 65.6 Å². The van der Waals surface area contributed by atoms with E-state index in [1.54, 1.807) is 0 Å². The van der Waals surface area contributed by atoms with E-state index in [1.807, 2.05) is 13.8 Å². The number of carboxylic acids is 1. The third-order valence-electron chi connectivity index (χ3n) is 20.7. The Morgan fingerprint density at radius 2 is 1.25 bits per heavy atom. The molecule has 0 aliphatic carbocycles. The number of unbranched alkanes of at least 4 members (excludes halogenated alkanes) is 2. The number of rotatable bonds is 16. The SMILES string of the molecule is CCCCSC1=C(SCCCC)C(=O)N(Cc2cn(C3C(=O)N[C@@H]4Cc5ccc(c(Cl)c5)Oc5cc6cc(c5O)Oc5ccc(cc5Cl)[C@@H](O[C@@H]5O[C@H](CO)[C@@H](O)[C@H](O)[C@H]5NC(C)=O)[C@H]5NC(=O)[C@H](NC(O)[C@@H]6NC(=O)[C@@H](NC4=O)c4cc(O)cc(c4)Oc4cc3ccc4O)c3ccc(O)c(c3)-c3c(O)cc(O)cc3[C@H](C(=O)O)NC5=O)nn2)C1=O. The lowest BCUT2D eigenvalue weighted by molar-refractivity contribution is -0.284. The summed E-state index contributed by atoms with van der Waals surface area (Å²) >= 11 is 16.9. The molecule has 0 radical (unpaired) electrons. The van der Waals surface area contributed by atoms with Crippen molar-refractivity contribution in [2.75, 3.05) is 18.1 Å². The summed E-state index contributed by atoms with van der Waals surface area (Å²) in [4.78, 5) is 136. The summed E-state index contributed by atoms with van der Waals surface area (Å²) in [6.07, 6.45) is -8.33. The van der Waals surface area contributed by atoms with Gasteiger partial charge in [0.15, 0.2) is 41.4 Å². The van der Waals surface area contributed by atoms with Crippen molar-refractivity contribution in [1.29, 1.82) is 0 Å². The number of carboxylic acid groups (broad SMARTS) is 1. The molecule has 121 heavy (non-hydrogen) atoms. The molecule has 7 aromatic carbocycles. The van der Waals surface area contributed by atoms with Gasteiger partial charge < -0.3 is 112 Å². The monoisotopic (exact) mass is 1740 g/mol. The zero-order valence-corrected chi connectivity index (χ0v) is 67.1. The number of aliphatic carboxylic acids is 1. The van der Waals surface area contributed by atoms with Gasteiger partial charge in [0.05, 0.1) is 45.2 Å². The Labute approximate surface area is 705 Å². The zero-order chi connectivity index (χ0) is 86.3. The van der Waals surface area contributed by atoms with Crippen molar-refractivity contribution in [2.45, 2.75) is 145 Å². The van der Waals surface area contributed by atoms with Crippen LogP contribution in [0.1, 0.15) is 127 Å². The molecule has 8 aliphatic heterocycles. The zero-order valence-electron chi connectivity index (χ0n) is 64.0. The molecular formula is C81H79Cl2N11O25S2. The van der Waals surface area contributed by atoms with E-state index < -0.39 is 226 Å². The van der Waals surface area contributed by atoms with Crippen LogP contribution in [0.5, 0.6) is 69.0 Å². The van der Waals surface area contributed by atoms with Gasteiger partial charge >= 0.3 is 5.97 Å². The smallest absolute Gasteiger partial charge is 0.330 e. The summed E-state index contributed by atoms with van der Waals surface area (Å²) in [5, 5.41) is 155. The van der Waals surface area contributed by atoms with E-state index in [0.717, 1.165) is 109 Å². The van der Waals surface area contributed by atoms with Crippen LogP contribution in [-0.4, -0.2) is 196 Å². The molecule has 8 amide bonds. The Kier molecular flexibility index (Phi) is 25.3. The van der Waals surface area contributed by atoms with Gasteiger partial charge in [-0.1, -0.05) is 79.4 Å². The van der Waals surface area contributed by atoms with Crippen molar-refractivity contribution in [1.82, 2.24) is 57.1 Å². The number of phenolic OH excluding ortho intramolecular Hbond substituents is 6. The average molecular weight is 1740 g/mol. The number of carbonyl (C=O) groups excluding carboxylic acids is 8. The number of imide groups is 1. The van der Waals surface area contributed by atoms with E-state index in [9.17, 15) is 75.3 Å². The molecule has 8 aliphatic rings. The number of benzene rings is 7. The van der Waals surface area contributed by atoms with E-state index in [-0.39, 0.29) is 67.1 Å². The van der Waals surface area contributed by atoms with Gasteiger partial charge in [-0.25, -0.2) is 9.48 Å². The molecule has 18 N–H and O–H groups in total. The summed E-state index contributed by atoms with van der Waals surface area (Å²) in [6, 6.07) is 5.04. The van der Waals surface area contributed by atoms with Gasteiger partial charge in [0, 0.05) is 42.2 Å². The number of amides is 8. The first kappa shape index (κ1) is 85.5. The second kappa shape index (κ2) is 35.8. The molecule has 36 nitrogen and oxygen atoms in total. The van der Waals surface area contributed by atoms with E-state index >= 15 is 24.0 Å². The highest BCUT2D eigenvalue weighted by Gasteiger charge is 2.50. The van der Waals surface area contributed by atoms with Crippen LogP contribution >= 0.6 is 46.7 Å². The van der Waals surface area contributed by atoms with E-state index in [0.29, 0.717) is 21.3 Å². The number of aliphatic hydroxyl groups excluding tert-OH is 4. The Morgan fingerprint density at radius 3 is 1.91 bits per heavy atom. The second-order valence-electron chi connectivity index (χ2n) is 29.2. The molecule has 1 aromatic heterocycles. The number of hydrogen-bond donors (Lipinski definition) is 18. The highest BCUT2D eigenvalue weighted by molar-refractivity contribution is 8.08. The summed E-state index contributed by atoms with van der Waals surface area (Å²) in [5.74, 6) is -15.9. The predicted molar refractivity (Wildman–Crippen MR) is 429 cm³/mol. The van der Waals surface area contributed by atoms with Gasteiger partial charge in [-0.15, -0.1) is 28.6 Å². The van der Waals surface area contributed by atoms with Crippen LogP contribution in [0.4, 0.5) is 0 Å². The third-order valence-corrected chi connectivity index (χ3v) is 23.8. The van der Waals surface area contributed by atoms with Gasteiger partial charge in [0.1, 0.15) is 107 Å². The number of phenols is 6. The van der Waals surface area contributed by atoms with Crippen molar-refractivity contribution >= 4 is 100.0 Å². The summed E-state index contributed by atoms with van der Waals surface area (Å²) < 4.78 is 32.8. The second-order valence-corrected chi connectivity index (χ2v) is 32.2. The van der Waals surface area contributed by atoms with Gasteiger partial charge in [0.25, 0.3) is 11.8 Å². The largest absolute Gasteiger partial charge is 0.508 e. The van der Waals surface area contributed by atoms with Crippen LogP contribution in [0, 0.1) is 0 Å². The predicted octanol–water partition coefficient (Wildman–Crippen LogP) is 6.07. The van der Waals surface area contributed by atoms with E-state index in [4.69, 9.17) is 46.9 Å². The first-order valence-electron chi connectivity index (χ1n) is 37.9. The lowest BCUT2D eigenvalue weighted by Crippen LogP contribution is -2.65. The fourth-order valence-corrected chi connectivity index (χ4v) is 17.7. The summed E-state index contributed by atoms with van der Waals surface area (Å²) in [5.41, 5.74) is -2.61. The van der Waals surface area contributed by atoms with Gasteiger partial charge in [-0.05, 0) is 137 Å². The fourth-order valence-electron chi connectivity index (χ4n) is 14.7. The van der Waals surface area contributed by atoms with Crippen LogP contribution in [0.3, 0.4) is 0 Å². The van der Waals surface area contributed by atoms with Gasteiger partial charge in [-0.3, -0.25) is 48.6 Å². The normalized spacial score (nSPS) is 24.2. The number of nitrogens with one attached hydrogen (secondary N) is 7. The van der Waals surface area contributed by atoms with Crippen molar-refractivity contribution < 1.29 is 123 Å². The lowest BCUT2D eigenvalue weighted by Gasteiger charge is -2.44. The number of aliphatic hydroxyl groups is 4. The first-order valence-corrected chi connectivity index (χ1v) is 40.6. The Morgan fingerprint density at radius 1 is 0.612 bits per heavy atom. The number of thioether (sulfide) groups is 2. The average Bonchev–Trinajstić information content (AvgIpc) is 1.51. The van der Waals surface area contributed by atoms with E-state index in [2.05, 4.69) is 47.5 Å². The molecule has 634 valence electrons. The molecule has 1 fully saturated rings. The van der Waals surface area contributed by atoms with Crippen LogP contribution in [0.25, 0.3) is 11.1 Å². The quantitative estimate of drug-likeness (QED) is 0.0385. The Balaban J connectivity index is 0.920. The third kappa shape index (κ3) is 17.8. The number of ether oxygens (including phenoxy) is 5. The maximum atomic E-state index is 16.3. The van der Waals surface area contributed by atoms with Gasteiger partial charge in [-0.2, -0.15) is 0 Å². The number of halogens is 2. The van der Waals surface area contributed by atoms with Crippen molar-refractivity contribution in [3.05, 3.63) is 186 Å². The van der Waals surface area contributed by atoms with Crippen molar-refractivity contribution in [3.8, 4) is 80.1 Å². The van der Waals surface area contributed by atoms with Crippen LogP contribution in [0.2, 0.25) is 10.0 Å². The number of hydrogen-bond acceptors (Lipinski definition) is 29. The lowest BCUT2D eigenvalue weighted by atomic mass is 9.89. The molecule has 17 bridgehead atoms.